The molecule has 30 heavy (non-hydrogen) atoms. The maximum Gasteiger partial charge on any atom is 0.276 e. The zero-order chi connectivity index (χ0) is 20.8. The van der Waals surface area contributed by atoms with Crippen molar-refractivity contribution in [1.29, 1.82) is 0 Å². The molecule has 1 aromatic heterocycles. The Morgan fingerprint density at radius 3 is 2.63 bits per heavy atom. The van der Waals surface area contributed by atoms with Crippen LogP contribution in [0.5, 0.6) is 5.75 Å². The Kier molecular flexibility index (Phi) is 6.37. The van der Waals surface area contributed by atoms with Crippen LogP contribution < -0.4 is 10.1 Å². The van der Waals surface area contributed by atoms with Gasteiger partial charge in [0.2, 0.25) is 0 Å². The van der Waals surface area contributed by atoms with Gasteiger partial charge in [-0.1, -0.05) is 59.8 Å². The number of carbonyl (C=O) groups excluding carboxylic acids is 1. The molecule has 7 heteroatoms. The molecule has 0 unspecified atom stereocenters. The molecule has 1 N–H and O–H groups in total. The third-order valence-electron chi connectivity index (χ3n) is 4.14. The molecule has 4 rings (SSSR count). The fourth-order valence-corrected chi connectivity index (χ4v) is 3.82. The second-order valence-electron chi connectivity index (χ2n) is 6.34. The predicted octanol–water partition coefficient (Wildman–Crippen LogP) is 5.98. The van der Waals surface area contributed by atoms with E-state index >= 15 is 0 Å². The van der Waals surface area contributed by atoms with E-state index < -0.39 is 0 Å². The fraction of sp³-hybridized carbons (Fsp3) is 0.0435. The Bertz CT molecular complexity index is 1150. The lowest BCUT2D eigenvalue weighted by molar-refractivity contribution is 0.102. The molecule has 0 saturated carbocycles. The molecule has 0 saturated heterocycles. The lowest BCUT2D eigenvalue weighted by Gasteiger charge is -2.10. The molecule has 0 spiro atoms. The lowest BCUT2D eigenvalue weighted by atomic mass is 10.3. The van der Waals surface area contributed by atoms with Gasteiger partial charge in [0.15, 0.2) is 12.4 Å². The van der Waals surface area contributed by atoms with E-state index in [-0.39, 0.29) is 12.6 Å². The van der Waals surface area contributed by atoms with Crippen LogP contribution >= 0.6 is 23.4 Å². The van der Waals surface area contributed by atoms with Crippen LogP contribution in [-0.4, -0.2) is 15.7 Å². The number of aromatic nitrogens is 2. The monoisotopic (exact) mass is 435 g/mol. The van der Waals surface area contributed by atoms with Crippen molar-refractivity contribution in [3.63, 3.8) is 0 Å². The molecule has 4 aromatic rings. The summed E-state index contributed by atoms with van der Waals surface area (Å²) in [5.41, 5.74) is 1.05. The third kappa shape index (κ3) is 5.23. The molecular formula is C23H18ClN3O2S. The topological polar surface area (TPSA) is 56.2 Å². The summed E-state index contributed by atoms with van der Waals surface area (Å²) in [6, 6.07) is 26.5. The Balaban J connectivity index is 1.41. The van der Waals surface area contributed by atoms with Crippen molar-refractivity contribution in [3.05, 3.63) is 102 Å². The minimum atomic E-state index is -0.280. The lowest BCUT2D eigenvalue weighted by Crippen LogP contribution is -2.14. The van der Waals surface area contributed by atoms with E-state index in [0.717, 1.165) is 15.5 Å². The number of hydrogen-bond acceptors (Lipinski definition) is 4. The van der Waals surface area contributed by atoms with Crippen LogP contribution in [0, 0.1) is 0 Å². The quantitative estimate of drug-likeness (QED) is 0.388. The van der Waals surface area contributed by atoms with Crippen LogP contribution in [0.2, 0.25) is 5.02 Å². The summed E-state index contributed by atoms with van der Waals surface area (Å²) < 4.78 is 7.21. The number of halogens is 1. The Labute approximate surface area is 183 Å². The zero-order valence-corrected chi connectivity index (χ0v) is 17.4. The highest BCUT2D eigenvalue weighted by atomic mass is 35.5. The first-order valence-electron chi connectivity index (χ1n) is 9.22. The molecular weight excluding hydrogens is 418 g/mol. The van der Waals surface area contributed by atoms with Crippen molar-refractivity contribution in [2.45, 2.75) is 16.5 Å². The maximum atomic E-state index is 12.7. The van der Waals surface area contributed by atoms with E-state index in [9.17, 15) is 4.79 Å². The molecule has 0 atom stereocenters. The van der Waals surface area contributed by atoms with E-state index in [1.54, 1.807) is 40.8 Å². The van der Waals surface area contributed by atoms with Crippen molar-refractivity contribution in [2.75, 3.05) is 5.32 Å². The Morgan fingerprint density at radius 2 is 1.80 bits per heavy atom. The summed E-state index contributed by atoms with van der Waals surface area (Å²) in [6.45, 7) is 0.175. The molecule has 0 radical (unpaired) electrons. The van der Waals surface area contributed by atoms with Gasteiger partial charge in [0.1, 0.15) is 5.75 Å². The van der Waals surface area contributed by atoms with E-state index in [4.69, 9.17) is 16.3 Å². The number of para-hydroxylation sites is 1. The van der Waals surface area contributed by atoms with Crippen molar-refractivity contribution >= 4 is 35.0 Å². The van der Waals surface area contributed by atoms with Gasteiger partial charge in [-0.05, 0) is 48.5 Å². The van der Waals surface area contributed by atoms with Crippen LogP contribution in [0.25, 0.3) is 0 Å². The van der Waals surface area contributed by atoms with Gasteiger partial charge in [0, 0.05) is 21.0 Å². The number of ether oxygens (including phenoxy) is 1. The SMILES string of the molecule is O=C(Nc1ccccc1Sc1ccccc1)c1ccn(COc2cccc(Cl)c2)n1. The van der Waals surface area contributed by atoms with Crippen molar-refractivity contribution in [1.82, 2.24) is 9.78 Å². The van der Waals surface area contributed by atoms with Gasteiger partial charge in [-0.3, -0.25) is 4.79 Å². The molecule has 1 amide bonds. The summed E-state index contributed by atoms with van der Waals surface area (Å²) >= 11 is 7.55. The minimum absolute atomic E-state index is 0.175. The highest BCUT2D eigenvalue weighted by Crippen LogP contribution is 2.33. The average Bonchev–Trinajstić information content (AvgIpc) is 3.24. The zero-order valence-electron chi connectivity index (χ0n) is 15.9. The van der Waals surface area contributed by atoms with Crippen molar-refractivity contribution in [3.8, 4) is 5.75 Å². The molecule has 5 nitrogen and oxygen atoms in total. The smallest absolute Gasteiger partial charge is 0.276 e. The van der Waals surface area contributed by atoms with Crippen LogP contribution in [0.3, 0.4) is 0 Å². The third-order valence-corrected chi connectivity index (χ3v) is 5.46. The number of anilines is 1. The highest BCUT2D eigenvalue weighted by molar-refractivity contribution is 7.99. The number of rotatable bonds is 7. The van der Waals surface area contributed by atoms with Gasteiger partial charge < -0.3 is 10.1 Å². The molecule has 0 aliphatic heterocycles. The fourth-order valence-electron chi connectivity index (χ4n) is 2.71. The van der Waals surface area contributed by atoms with Crippen LogP contribution in [0.15, 0.2) is 101 Å². The van der Waals surface area contributed by atoms with Gasteiger partial charge >= 0.3 is 0 Å². The number of carbonyl (C=O) groups is 1. The van der Waals surface area contributed by atoms with Gasteiger partial charge in [-0.2, -0.15) is 5.10 Å². The maximum absolute atomic E-state index is 12.7. The second-order valence-corrected chi connectivity index (χ2v) is 7.89. The number of nitrogens with one attached hydrogen (secondary N) is 1. The second kappa shape index (κ2) is 9.52. The molecule has 150 valence electrons. The largest absolute Gasteiger partial charge is 0.471 e. The van der Waals surface area contributed by atoms with E-state index in [1.165, 1.54) is 0 Å². The normalized spacial score (nSPS) is 10.6. The first-order valence-corrected chi connectivity index (χ1v) is 10.4. The first-order chi connectivity index (χ1) is 14.7. The summed E-state index contributed by atoms with van der Waals surface area (Å²) in [5, 5.41) is 7.84. The molecule has 0 fully saturated rings. The molecule has 0 aliphatic carbocycles. The molecule has 1 heterocycles. The highest BCUT2D eigenvalue weighted by Gasteiger charge is 2.13. The van der Waals surface area contributed by atoms with E-state index in [2.05, 4.69) is 10.4 Å². The standard InChI is InChI=1S/C23H18ClN3O2S/c24-17-7-6-8-18(15-17)29-16-27-14-13-21(26-27)23(28)25-20-11-4-5-12-22(20)30-19-9-2-1-3-10-19/h1-15H,16H2,(H,25,28). The number of benzene rings is 3. The minimum Gasteiger partial charge on any atom is -0.471 e. The summed E-state index contributed by atoms with van der Waals surface area (Å²) in [6.07, 6.45) is 1.70. The number of hydrogen-bond donors (Lipinski definition) is 1. The number of amides is 1. The van der Waals surface area contributed by atoms with Crippen molar-refractivity contribution < 1.29 is 9.53 Å². The van der Waals surface area contributed by atoms with Gasteiger partial charge in [-0.15, -0.1) is 0 Å². The van der Waals surface area contributed by atoms with Gasteiger partial charge in [-0.25, -0.2) is 4.68 Å². The van der Waals surface area contributed by atoms with E-state index in [1.807, 2.05) is 66.7 Å². The summed E-state index contributed by atoms with van der Waals surface area (Å²) in [4.78, 5) is 14.8. The van der Waals surface area contributed by atoms with Crippen LogP contribution in [0.1, 0.15) is 10.5 Å². The number of nitrogens with zero attached hydrogens (tertiary/aromatic N) is 2. The van der Waals surface area contributed by atoms with Gasteiger partial charge in [0.05, 0.1) is 5.69 Å². The summed E-state index contributed by atoms with van der Waals surface area (Å²) in [5.74, 6) is 0.355. The Morgan fingerprint density at radius 1 is 1.00 bits per heavy atom. The first kappa shape index (κ1) is 20.1. The van der Waals surface area contributed by atoms with E-state index in [0.29, 0.717) is 16.5 Å². The van der Waals surface area contributed by atoms with Gasteiger partial charge in [0.25, 0.3) is 5.91 Å². The molecule has 3 aromatic carbocycles. The Hall–Kier alpha value is -3.22. The molecule has 0 bridgehead atoms. The predicted molar refractivity (Wildman–Crippen MR) is 119 cm³/mol. The van der Waals surface area contributed by atoms with Crippen LogP contribution in [-0.2, 0) is 6.73 Å². The summed E-state index contributed by atoms with van der Waals surface area (Å²) in [7, 11) is 0. The van der Waals surface area contributed by atoms with Crippen LogP contribution in [0.4, 0.5) is 5.69 Å². The average molecular weight is 436 g/mol. The molecule has 0 aliphatic rings. The van der Waals surface area contributed by atoms with Crippen molar-refractivity contribution in [2.24, 2.45) is 0 Å².